The predicted molar refractivity (Wildman–Crippen MR) is 92.9 cm³/mol. The molecular formula is C16H19N3O4S. The molecule has 1 aromatic carbocycles. The summed E-state index contributed by atoms with van der Waals surface area (Å²) in [5, 5.41) is 7.81. The van der Waals surface area contributed by atoms with Gasteiger partial charge in [0.25, 0.3) is 5.56 Å². The van der Waals surface area contributed by atoms with Gasteiger partial charge < -0.3 is 10.1 Å². The van der Waals surface area contributed by atoms with Gasteiger partial charge in [-0.3, -0.25) is 9.59 Å². The second-order valence-corrected chi connectivity index (χ2v) is 6.10. The number of carbonyl (C=O) groups is 2. The van der Waals surface area contributed by atoms with E-state index in [-0.39, 0.29) is 12.1 Å². The van der Waals surface area contributed by atoms with E-state index in [2.05, 4.69) is 10.4 Å². The van der Waals surface area contributed by atoms with Gasteiger partial charge in [0, 0.05) is 5.39 Å². The van der Waals surface area contributed by atoms with Crippen molar-refractivity contribution in [3.8, 4) is 0 Å². The van der Waals surface area contributed by atoms with Crippen LogP contribution < -0.4 is 10.9 Å². The summed E-state index contributed by atoms with van der Waals surface area (Å²) in [5.74, 6) is -0.263. The fraction of sp³-hybridized carbons (Fsp3) is 0.375. The molecule has 0 saturated carbocycles. The smallest absolute Gasteiger partial charge is 0.328 e. The molecule has 0 aliphatic heterocycles. The number of fused-ring (bicyclic) bond motifs is 1. The monoisotopic (exact) mass is 349 g/mol. The molecule has 0 unspecified atom stereocenters. The molecule has 24 heavy (non-hydrogen) atoms. The molecule has 1 aromatic heterocycles. The fourth-order valence-electron chi connectivity index (χ4n) is 2.24. The van der Waals surface area contributed by atoms with Crippen LogP contribution in [-0.4, -0.2) is 46.8 Å². The molecule has 0 saturated heterocycles. The number of methoxy groups -OCH3 is 1. The molecule has 0 bridgehead atoms. The van der Waals surface area contributed by atoms with Crippen LogP contribution in [0.25, 0.3) is 10.8 Å². The summed E-state index contributed by atoms with van der Waals surface area (Å²) >= 11 is 1.57. The van der Waals surface area contributed by atoms with E-state index in [0.29, 0.717) is 22.9 Å². The first kappa shape index (κ1) is 18.0. The van der Waals surface area contributed by atoms with E-state index >= 15 is 0 Å². The summed E-state index contributed by atoms with van der Waals surface area (Å²) < 4.78 is 5.78. The molecule has 1 N–H and O–H groups in total. The first-order valence-corrected chi connectivity index (χ1v) is 8.77. The Balaban J connectivity index is 2.12. The fourth-order valence-corrected chi connectivity index (χ4v) is 2.71. The maximum absolute atomic E-state index is 12.3. The number of aromatic nitrogens is 2. The van der Waals surface area contributed by atoms with Crippen molar-refractivity contribution >= 4 is 34.4 Å². The molecule has 0 spiro atoms. The molecule has 0 aliphatic carbocycles. The van der Waals surface area contributed by atoms with Crippen molar-refractivity contribution in [1.82, 2.24) is 15.1 Å². The van der Waals surface area contributed by atoms with Gasteiger partial charge >= 0.3 is 5.97 Å². The van der Waals surface area contributed by atoms with Crippen LogP contribution in [0.2, 0.25) is 0 Å². The quantitative estimate of drug-likeness (QED) is 0.744. The summed E-state index contributed by atoms with van der Waals surface area (Å²) in [6.07, 6.45) is 3.91. The zero-order valence-electron chi connectivity index (χ0n) is 13.5. The van der Waals surface area contributed by atoms with Crippen LogP contribution in [0.5, 0.6) is 0 Å². The molecule has 1 atom stereocenters. The number of amides is 1. The van der Waals surface area contributed by atoms with E-state index in [1.165, 1.54) is 13.3 Å². The normalized spacial score (nSPS) is 11.9. The first-order valence-electron chi connectivity index (χ1n) is 7.37. The molecule has 0 fully saturated rings. The summed E-state index contributed by atoms with van der Waals surface area (Å²) in [4.78, 5) is 36.2. The van der Waals surface area contributed by atoms with E-state index in [1.807, 2.05) is 12.3 Å². The average Bonchev–Trinajstić information content (AvgIpc) is 2.60. The Bertz CT molecular complexity index is 790. The molecule has 1 amide bonds. The van der Waals surface area contributed by atoms with Gasteiger partial charge in [-0.1, -0.05) is 18.2 Å². The minimum Gasteiger partial charge on any atom is -0.467 e. The number of hydrogen-bond acceptors (Lipinski definition) is 6. The Labute approximate surface area is 143 Å². The molecule has 2 rings (SSSR count). The number of carbonyl (C=O) groups excluding carboxylic acids is 2. The van der Waals surface area contributed by atoms with Gasteiger partial charge in [0.15, 0.2) is 0 Å². The van der Waals surface area contributed by atoms with Crippen LogP contribution >= 0.6 is 11.8 Å². The van der Waals surface area contributed by atoms with E-state index in [4.69, 9.17) is 4.74 Å². The number of rotatable bonds is 7. The third-order valence-electron chi connectivity index (χ3n) is 3.49. The molecule has 128 valence electrons. The van der Waals surface area contributed by atoms with Crippen molar-refractivity contribution in [2.24, 2.45) is 0 Å². The predicted octanol–water partition coefficient (Wildman–Crippen LogP) is 0.807. The van der Waals surface area contributed by atoms with Crippen molar-refractivity contribution in [2.75, 3.05) is 19.1 Å². The van der Waals surface area contributed by atoms with Crippen LogP contribution in [-0.2, 0) is 20.9 Å². The molecule has 2 aromatic rings. The third-order valence-corrected chi connectivity index (χ3v) is 4.13. The largest absolute Gasteiger partial charge is 0.467 e. The van der Waals surface area contributed by atoms with Crippen LogP contribution in [0.3, 0.4) is 0 Å². The van der Waals surface area contributed by atoms with E-state index in [1.54, 1.807) is 30.0 Å². The summed E-state index contributed by atoms with van der Waals surface area (Å²) in [7, 11) is 1.27. The van der Waals surface area contributed by atoms with Crippen molar-refractivity contribution in [2.45, 2.75) is 19.0 Å². The summed E-state index contributed by atoms with van der Waals surface area (Å²) in [6.45, 7) is -0.254. The molecular weight excluding hydrogens is 330 g/mol. The molecule has 8 heteroatoms. The SMILES string of the molecule is COC(=O)[C@@H](CCSC)NC(=O)Cn1ncc2ccccc2c1=O. The second-order valence-electron chi connectivity index (χ2n) is 5.12. The van der Waals surface area contributed by atoms with Crippen LogP contribution in [0, 0.1) is 0 Å². The summed E-state index contributed by atoms with van der Waals surface area (Å²) in [6, 6.07) is 6.30. The van der Waals surface area contributed by atoms with Gasteiger partial charge in [0.2, 0.25) is 5.91 Å². The van der Waals surface area contributed by atoms with Gasteiger partial charge in [0.05, 0.1) is 18.7 Å². The van der Waals surface area contributed by atoms with Crippen molar-refractivity contribution in [1.29, 1.82) is 0 Å². The molecule has 7 nitrogen and oxygen atoms in total. The molecule has 0 radical (unpaired) electrons. The lowest BCUT2D eigenvalue weighted by Crippen LogP contribution is -2.44. The molecule has 0 aliphatic rings. The lowest BCUT2D eigenvalue weighted by atomic mass is 10.2. The molecule has 1 heterocycles. The Morgan fingerprint density at radius 2 is 2.12 bits per heavy atom. The number of nitrogens with zero attached hydrogens (tertiary/aromatic N) is 2. The van der Waals surface area contributed by atoms with Crippen molar-refractivity contribution in [3.05, 3.63) is 40.8 Å². The maximum Gasteiger partial charge on any atom is 0.328 e. The highest BCUT2D eigenvalue weighted by Gasteiger charge is 2.21. The van der Waals surface area contributed by atoms with Crippen molar-refractivity contribution < 1.29 is 14.3 Å². The van der Waals surface area contributed by atoms with Gasteiger partial charge in [-0.2, -0.15) is 16.9 Å². The van der Waals surface area contributed by atoms with Gasteiger partial charge in [-0.25, -0.2) is 9.48 Å². The zero-order chi connectivity index (χ0) is 17.5. The second kappa shape index (κ2) is 8.49. The minimum atomic E-state index is -0.730. The van der Waals surface area contributed by atoms with Gasteiger partial charge in [-0.15, -0.1) is 0 Å². The average molecular weight is 349 g/mol. The topological polar surface area (TPSA) is 90.3 Å². The highest BCUT2D eigenvalue weighted by atomic mass is 32.2. The Hall–Kier alpha value is -2.35. The van der Waals surface area contributed by atoms with E-state index in [9.17, 15) is 14.4 Å². The van der Waals surface area contributed by atoms with E-state index in [0.717, 1.165) is 4.68 Å². The Morgan fingerprint density at radius 3 is 2.83 bits per heavy atom. The van der Waals surface area contributed by atoms with Crippen LogP contribution in [0.1, 0.15) is 6.42 Å². The number of benzene rings is 1. The highest BCUT2D eigenvalue weighted by Crippen LogP contribution is 2.06. The lowest BCUT2D eigenvalue weighted by molar-refractivity contribution is -0.145. The number of ether oxygens (including phenoxy) is 1. The number of hydrogen-bond donors (Lipinski definition) is 1. The number of esters is 1. The third kappa shape index (κ3) is 4.35. The first-order chi connectivity index (χ1) is 11.6. The Morgan fingerprint density at radius 1 is 1.38 bits per heavy atom. The minimum absolute atomic E-state index is 0.254. The number of thioether (sulfide) groups is 1. The standard InChI is InChI=1S/C16H19N3O4S/c1-23-16(22)13(7-8-24-2)18-14(20)10-19-15(21)12-6-4-3-5-11(12)9-17-19/h3-6,9,13H,7-8,10H2,1-2H3,(H,18,20)/t13-/m1/s1. The maximum atomic E-state index is 12.3. The van der Waals surface area contributed by atoms with Gasteiger partial charge in [-0.05, 0) is 24.5 Å². The van der Waals surface area contributed by atoms with Crippen molar-refractivity contribution in [3.63, 3.8) is 0 Å². The summed E-state index contributed by atoms with van der Waals surface area (Å²) in [5.41, 5.74) is -0.345. The van der Waals surface area contributed by atoms with E-state index < -0.39 is 17.9 Å². The van der Waals surface area contributed by atoms with Crippen LogP contribution in [0.4, 0.5) is 0 Å². The Kier molecular flexibility index (Phi) is 6.36. The van der Waals surface area contributed by atoms with Crippen LogP contribution in [0.15, 0.2) is 35.3 Å². The highest BCUT2D eigenvalue weighted by molar-refractivity contribution is 7.98. The lowest BCUT2D eigenvalue weighted by Gasteiger charge is -2.16. The zero-order valence-corrected chi connectivity index (χ0v) is 14.3. The number of nitrogens with one attached hydrogen (secondary N) is 1. The van der Waals surface area contributed by atoms with Gasteiger partial charge in [0.1, 0.15) is 12.6 Å².